The fraction of sp³-hybridized carbons (Fsp3) is 1.00. The highest BCUT2D eigenvalue weighted by atomic mass is 16.3. The van der Waals surface area contributed by atoms with Crippen LogP contribution in [-0.2, 0) is 0 Å². The molecule has 9 heavy (non-hydrogen) atoms. The summed E-state index contributed by atoms with van der Waals surface area (Å²) < 4.78 is 0. The van der Waals surface area contributed by atoms with E-state index in [-0.39, 0.29) is 6.10 Å². The summed E-state index contributed by atoms with van der Waals surface area (Å²) in [6.07, 6.45) is 2.01. The maximum absolute atomic E-state index is 9.32. The monoisotopic (exact) mass is 129 g/mol. The van der Waals surface area contributed by atoms with E-state index in [1.807, 2.05) is 0 Å². The third-order valence-electron chi connectivity index (χ3n) is 1.98. The first-order valence-electron chi connectivity index (χ1n) is 3.69. The van der Waals surface area contributed by atoms with E-state index in [1.54, 1.807) is 0 Å². The summed E-state index contributed by atoms with van der Waals surface area (Å²) in [5.41, 5.74) is 0. The molecular formula is C7H15NO. The maximum atomic E-state index is 9.32. The van der Waals surface area contributed by atoms with Gasteiger partial charge in [-0.15, -0.1) is 0 Å². The van der Waals surface area contributed by atoms with Crippen LogP contribution in [0.4, 0.5) is 0 Å². The number of hydrogen-bond donors (Lipinski definition) is 2. The van der Waals surface area contributed by atoms with E-state index >= 15 is 0 Å². The highest BCUT2D eigenvalue weighted by Gasteiger charge is 2.15. The van der Waals surface area contributed by atoms with Crippen molar-refractivity contribution in [3.63, 3.8) is 0 Å². The summed E-state index contributed by atoms with van der Waals surface area (Å²) in [6.45, 7) is 4.13. The summed E-state index contributed by atoms with van der Waals surface area (Å²) >= 11 is 0. The molecule has 0 unspecified atom stereocenters. The van der Waals surface area contributed by atoms with E-state index in [0.717, 1.165) is 25.9 Å². The molecule has 0 radical (unpaired) electrons. The van der Waals surface area contributed by atoms with Crippen LogP contribution < -0.4 is 5.32 Å². The first-order chi connectivity index (χ1) is 4.30. The Morgan fingerprint density at radius 2 is 2.33 bits per heavy atom. The lowest BCUT2D eigenvalue weighted by molar-refractivity contribution is 0.115. The summed E-state index contributed by atoms with van der Waals surface area (Å²) in [5, 5.41) is 12.6. The Bertz CT molecular complexity index is 75.0. The highest BCUT2D eigenvalue weighted by Crippen LogP contribution is 2.10. The van der Waals surface area contributed by atoms with Gasteiger partial charge < -0.3 is 10.4 Å². The van der Waals surface area contributed by atoms with Crippen LogP contribution in [0.15, 0.2) is 0 Å². The summed E-state index contributed by atoms with van der Waals surface area (Å²) in [7, 11) is 0. The van der Waals surface area contributed by atoms with Crippen molar-refractivity contribution in [3.05, 3.63) is 0 Å². The Morgan fingerprint density at radius 3 is 3.11 bits per heavy atom. The molecule has 0 bridgehead atoms. The lowest BCUT2D eigenvalue weighted by Crippen LogP contribution is -2.24. The topological polar surface area (TPSA) is 32.3 Å². The van der Waals surface area contributed by atoms with Crippen LogP contribution >= 0.6 is 0 Å². The van der Waals surface area contributed by atoms with Gasteiger partial charge >= 0.3 is 0 Å². The lowest BCUT2D eigenvalue weighted by atomic mass is 10.0. The Hall–Kier alpha value is -0.0800. The van der Waals surface area contributed by atoms with Gasteiger partial charge in [-0.2, -0.15) is 0 Å². The Labute approximate surface area is 56.3 Å². The van der Waals surface area contributed by atoms with Crippen molar-refractivity contribution >= 4 is 0 Å². The first-order valence-corrected chi connectivity index (χ1v) is 3.69. The van der Waals surface area contributed by atoms with Crippen LogP contribution in [0, 0.1) is 5.92 Å². The summed E-state index contributed by atoms with van der Waals surface area (Å²) in [4.78, 5) is 0. The van der Waals surface area contributed by atoms with E-state index in [2.05, 4.69) is 12.2 Å². The zero-order chi connectivity index (χ0) is 6.69. The smallest absolute Gasteiger partial charge is 0.0578 e. The molecule has 0 aromatic carbocycles. The fourth-order valence-corrected chi connectivity index (χ4v) is 1.19. The van der Waals surface area contributed by atoms with Gasteiger partial charge in [-0.05, 0) is 25.3 Å². The zero-order valence-corrected chi connectivity index (χ0v) is 5.93. The van der Waals surface area contributed by atoms with Gasteiger partial charge in [0.25, 0.3) is 0 Å². The Kier molecular flexibility index (Phi) is 2.49. The second-order valence-corrected chi connectivity index (χ2v) is 2.89. The van der Waals surface area contributed by atoms with Crippen LogP contribution in [0.25, 0.3) is 0 Å². The summed E-state index contributed by atoms with van der Waals surface area (Å²) in [5.74, 6) is 0.437. The number of hydrogen-bond acceptors (Lipinski definition) is 2. The van der Waals surface area contributed by atoms with Gasteiger partial charge in [-0.25, -0.2) is 0 Å². The third kappa shape index (κ3) is 1.95. The van der Waals surface area contributed by atoms with Gasteiger partial charge in [0.05, 0.1) is 6.10 Å². The van der Waals surface area contributed by atoms with Crippen LogP contribution in [0.3, 0.4) is 0 Å². The van der Waals surface area contributed by atoms with E-state index in [0.29, 0.717) is 5.92 Å². The van der Waals surface area contributed by atoms with E-state index < -0.39 is 0 Å². The molecule has 1 rings (SSSR count). The predicted octanol–water partition coefficient (Wildman–Crippen LogP) is 0.367. The Morgan fingerprint density at radius 1 is 1.56 bits per heavy atom. The summed E-state index contributed by atoms with van der Waals surface area (Å²) in [6, 6.07) is 0. The van der Waals surface area contributed by atoms with Gasteiger partial charge in [-0.3, -0.25) is 0 Å². The van der Waals surface area contributed by atoms with E-state index in [4.69, 9.17) is 0 Å². The van der Waals surface area contributed by atoms with Gasteiger partial charge in [0.1, 0.15) is 0 Å². The quantitative estimate of drug-likeness (QED) is 0.495. The van der Waals surface area contributed by atoms with Crippen LogP contribution in [0.5, 0.6) is 0 Å². The van der Waals surface area contributed by atoms with Crippen LogP contribution in [-0.4, -0.2) is 24.3 Å². The largest absolute Gasteiger partial charge is 0.393 e. The molecular weight excluding hydrogens is 114 g/mol. The standard InChI is InChI=1S/C7H15NO/c1-6-5-8-4-2-3-7(6)9/h6-9H,2-5H2,1H3/t6-,7+/m1/s1. The normalized spacial score (nSPS) is 38.0. The number of rotatable bonds is 0. The molecule has 1 aliphatic heterocycles. The molecule has 0 saturated carbocycles. The molecule has 1 saturated heterocycles. The predicted molar refractivity (Wildman–Crippen MR) is 37.3 cm³/mol. The van der Waals surface area contributed by atoms with Gasteiger partial charge in [0.2, 0.25) is 0 Å². The van der Waals surface area contributed by atoms with Crippen molar-refractivity contribution in [2.75, 3.05) is 13.1 Å². The van der Waals surface area contributed by atoms with Crippen molar-refractivity contribution in [3.8, 4) is 0 Å². The van der Waals surface area contributed by atoms with E-state index in [1.165, 1.54) is 0 Å². The molecule has 1 aliphatic rings. The lowest BCUT2D eigenvalue weighted by Gasteiger charge is -2.13. The molecule has 2 atom stereocenters. The molecule has 2 N–H and O–H groups in total. The zero-order valence-electron chi connectivity index (χ0n) is 5.93. The third-order valence-corrected chi connectivity index (χ3v) is 1.98. The first kappa shape index (κ1) is 7.03. The number of aliphatic hydroxyl groups excluding tert-OH is 1. The highest BCUT2D eigenvalue weighted by molar-refractivity contribution is 4.70. The molecule has 0 amide bonds. The molecule has 1 fully saturated rings. The van der Waals surface area contributed by atoms with Crippen molar-refractivity contribution in [1.29, 1.82) is 0 Å². The van der Waals surface area contributed by atoms with Gasteiger partial charge in [0, 0.05) is 6.54 Å². The van der Waals surface area contributed by atoms with Crippen LogP contribution in [0.2, 0.25) is 0 Å². The average molecular weight is 129 g/mol. The molecule has 2 heteroatoms. The second-order valence-electron chi connectivity index (χ2n) is 2.89. The van der Waals surface area contributed by atoms with Crippen molar-refractivity contribution in [1.82, 2.24) is 5.32 Å². The molecule has 2 nitrogen and oxygen atoms in total. The fourth-order valence-electron chi connectivity index (χ4n) is 1.19. The van der Waals surface area contributed by atoms with E-state index in [9.17, 15) is 5.11 Å². The van der Waals surface area contributed by atoms with Crippen molar-refractivity contribution in [2.45, 2.75) is 25.9 Å². The molecule has 0 aromatic heterocycles. The second kappa shape index (κ2) is 3.18. The average Bonchev–Trinajstić information content (AvgIpc) is 1.99. The maximum Gasteiger partial charge on any atom is 0.0578 e. The number of nitrogens with one attached hydrogen (secondary N) is 1. The van der Waals surface area contributed by atoms with Crippen LogP contribution in [0.1, 0.15) is 19.8 Å². The van der Waals surface area contributed by atoms with Crippen molar-refractivity contribution in [2.24, 2.45) is 5.92 Å². The molecule has 0 aromatic rings. The Balaban J connectivity index is 2.32. The minimum absolute atomic E-state index is 0.0694. The van der Waals surface area contributed by atoms with Gasteiger partial charge in [0.15, 0.2) is 0 Å². The molecule has 1 heterocycles. The minimum Gasteiger partial charge on any atom is -0.393 e. The van der Waals surface area contributed by atoms with Crippen molar-refractivity contribution < 1.29 is 5.11 Å². The molecule has 0 aliphatic carbocycles. The molecule has 54 valence electrons. The molecule has 0 spiro atoms. The number of aliphatic hydroxyl groups is 1. The minimum atomic E-state index is -0.0694. The van der Waals surface area contributed by atoms with Gasteiger partial charge in [-0.1, -0.05) is 6.92 Å². The SMILES string of the molecule is C[C@@H]1CNCCC[C@@H]1O.